The third-order valence-electron chi connectivity index (χ3n) is 3.07. The first-order chi connectivity index (χ1) is 10.2. The van der Waals surface area contributed by atoms with E-state index in [-0.39, 0.29) is 18.0 Å². The van der Waals surface area contributed by atoms with Gasteiger partial charge in [0.1, 0.15) is 6.54 Å². The average molecular weight is 313 g/mol. The van der Waals surface area contributed by atoms with E-state index in [0.717, 1.165) is 26.2 Å². The van der Waals surface area contributed by atoms with Gasteiger partial charge in [-0.2, -0.15) is 0 Å². The molecule has 1 amide bonds. The van der Waals surface area contributed by atoms with Gasteiger partial charge in [-0.05, 0) is 48.1 Å². The summed E-state index contributed by atoms with van der Waals surface area (Å²) in [6.45, 7) is 18.1. The van der Waals surface area contributed by atoms with Crippen LogP contribution in [0, 0.1) is 0 Å². The molecule has 0 unspecified atom stereocenters. The Morgan fingerprint density at radius 3 is 2.27 bits per heavy atom. The lowest BCUT2D eigenvalue weighted by molar-refractivity contribution is -0.121. The number of guanidine groups is 1. The highest BCUT2D eigenvalue weighted by atomic mass is 16.2. The summed E-state index contributed by atoms with van der Waals surface area (Å²) in [6.07, 6.45) is 0. The number of rotatable bonds is 8. The Hall–Kier alpha value is -1.30. The van der Waals surface area contributed by atoms with E-state index in [0.29, 0.717) is 12.0 Å². The van der Waals surface area contributed by atoms with Crippen molar-refractivity contribution in [1.82, 2.24) is 20.9 Å². The average Bonchev–Trinajstić information content (AvgIpc) is 2.38. The molecule has 3 N–H and O–H groups in total. The molecule has 0 heterocycles. The number of likely N-dealkylation sites (N-methyl/N-ethyl adjacent to an activating group) is 1. The summed E-state index contributed by atoms with van der Waals surface area (Å²) in [4.78, 5) is 18.5. The van der Waals surface area contributed by atoms with Crippen molar-refractivity contribution in [1.29, 1.82) is 0 Å². The smallest absolute Gasteiger partial charge is 0.242 e. The molecule has 22 heavy (non-hydrogen) atoms. The molecule has 0 spiro atoms. The molecule has 0 aliphatic carbocycles. The summed E-state index contributed by atoms with van der Waals surface area (Å²) in [5.41, 5.74) is -0.225. The second-order valence-electron chi connectivity index (χ2n) is 6.64. The van der Waals surface area contributed by atoms with Gasteiger partial charge in [0.25, 0.3) is 0 Å². The second kappa shape index (κ2) is 10.4. The minimum Gasteiger partial charge on any atom is -0.357 e. The predicted octanol–water partition coefficient (Wildman–Crippen LogP) is 1.19. The fourth-order valence-corrected chi connectivity index (χ4v) is 2.05. The summed E-state index contributed by atoms with van der Waals surface area (Å²) in [7, 11) is 0. The van der Waals surface area contributed by atoms with Gasteiger partial charge < -0.3 is 16.0 Å². The number of carbonyl (C=O) groups is 1. The number of aliphatic imine (C=N–C) groups is 1. The van der Waals surface area contributed by atoms with Crippen molar-refractivity contribution >= 4 is 11.9 Å². The van der Waals surface area contributed by atoms with E-state index < -0.39 is 0 Å². The molecule has 0 fully saturated rings. The monoisotopic (exact) mass is 313 g/mol. The zero-order chi connectivity index (χ0) is 17.2. The number of carbonyl (C=O) groups excluding carboxylic acids is 1. The summed E-state index contributed by atoms with van der Waals surface area (Å²) in [6, 6.07) is 0.531. The zero-order valence-electron chi connectivity index (χ0n) is 15.4. The number of hydrogen-bond donors (Lipinski definition) is 3. The Morgan fingerprint density at radius 2 is 1.82 bits per heavy atom. The van der Waals surface area contributed by atoms with Crippen LogP contribution in [0.25, 0.3) is 0 Å². The van der Waals surface area contributed by atoms with Gasteiger partial charge >= 0.3 is 0 Å². The maximum absolute atomic E-state index is 11.8. The van der Waals surface area contributed by atoms with Crippen LogP contribution in [0.3, 0.4) is 0 Å². The molecule has 0 aromatic heterocycles. The van der Waals surface area contributed by atoms with E-state index in [4.69, 9.17) is 0 Å². The SMILES string of the molecule is CCNC(=NCC(=O)NC(C)(C)C)NCCN(CC)C(C)C. The summed E-state index contributed by atoms with van der Waals surface area (Å²) < 4.78 is 0. The number of hydrogen-bond acceptors (Lipinski definition) is 3. The van der Waals surface area contributed by atoms with E-state index in [9.17, 15) is 4.79 Å². The van der Waals surface area contributed by atoms with Crippen molar-refractivity contribution in [3.63, 3.8) is 0 Å². The number of amides is 1. The molecule has 0 radical (unpaired) electrons. The summed E-state index contributed by atoms with van der Waals surface area (Å²) in [5, 5.41) is 9.34. The Bertz CT molecular complexity index is 347. The minimum absolute atomic E-state index is 0.0675. The minimum atomic E-state index is -0.225. The molecule has 0 atom stereocenters. The third kappa shape index (κ3) is 10.4. The van der Waals surface area contributed by atoms with Gasteiger partial charge in [0.2, 0.25) is 5.91 Å². The van der Waals surface area contributed by atoms with Crippen molar-refractivity contribution in [2.45, 2.75) is 60.0 Å². The molecule has 0 aliphatic heterocycles. The summed E-state index contributed by atoms with van der Waals surface area (Å²) >= 11 is 0. The summed E-state index contributed by atoms with van der Waals surface area (Å²) in [5.74, 6) is 0.619. The van der Waals surface area contributed by atoms with E-state index in [2.05, 4.69) is 46.6 Å². The molecule has 6 nitrogen and oxygen atoms in total. The molecule has 0 rings (SSSR count). The van der Waals surface area contributed by atoms with Crippen molar-refractivity contribution in [3.05, 3.63) is 0 Å². The Kier molecular flexibility index (Phi) is 9.81. The highest BCUT2D eigenvalue weighted by Crippen LogP contribution is 1.98. The van der Waals surface area contributed by atoms with Gasteiger partial charge in [-0.1, -0.05) is 6.92 Å². The van der Waals surface area contributed by atoms with Crippen LogP contribution in [0.5, 0.6) is 0 Å². The molecule has 0 bridgehead atoms. The number of nitrogens with one attached hydrogen (secondary N) is 3. The van der Waals surface area contributed by atoms with E-state index >= 15 is 0 Å². The molecular formula is C16H35N5O. The maximum atomic E-state index is 11.8. The molecule has 0 saturated carbocycles. The maximum Gasteiger partial charge on any atom is 0.242 e. The van der Waals surface area contributed by atoms with Gasteiger partial charge in [0, 0.05) is 31.2 Å². The van der Waals surface area contributed by atoms with Gasteiger partial charge in [-0.15, -0.1) is 0 Å². The second-order valence-corrected chi connectivity index (χ2v) is 6.64. The van der Waals surface area contributed by atoms with Crippen molar-refractivity contribution in [2.24, 2.45) is 4.99 Å². The van der Waals surface area contributed by atoms with Gasteiger partial charge in [-0.3, -0.25) is 9.69 Å². The highest BCUT2D eigenvalue weighted by molar-refractivity contribution is 5.85. The lowest BCUT2D eigenvalue weighted by Gasteiger charge is -2.25. The first kappa shape index (κ1) is 20.7. The topological polar surface area (TPSA) is 68.8 Å². The normalized spacial score (nSPS) is 12.7. The number of nitrogens with zero attached hydrogens (tertiary/aromatic N) is 2. The van der Waals surface area contributed by atoms with Crippen molar-refractivity contribution in [3.8, 4) is 0 Å². The fourth-order valence-electron chi connectivity index (χ4n) is 2.05. The molecule has 6 heteroatoms. The lowest BCUT2D eigenvalue weighted by atomic mass is 10.1. The molecule has 130 valence electrons. The quantitative estimate of drug-likeness (QED) is 0.465. The molecule has 0 saturated heterocycles. The Morgan fingerprint density at radius 1 is 1.18 bits per heavy atom. The van der Waals surface area contributed by atoms with Crippen LogP contribution in [-0.2, 0) is 4.79 Å². The van der Waals surface area contributed by atoms with Crippen LogP contribution >= 0.6 is 0 Å². The molecule has 0 aromatic rings. The standard InChI is InChI=1S/C16H35N5O/c1-8-17-15(18-10-11-21(9-2)13(3)4)19-12-14(22)20-16(5,6)7/h13H,8-12H2,1-7H3,(H,20,22)(H2,17,18,19). The van der Waals surface area contributed by atoms with E-state index in [1.807, 2.05) is 27.7 Å². The van der Waals surface area contributed by atoms with Crippen LogP contribution in [0.4, 0.5) is 0 Å². The van der Waals surface area contributed by atoms with Gasteiger partial charge in [0.15, 0.2) is 5.96 Å². The Labute approximate surface area is 136 Å². The highest BCUT2D eigenvalue weighted by Gasteiger charge is 2.13. The lowest BCUT2D eigenvalue weighted by Crippen LogP contribution is -2.45. The molecular weight excluding hydrogens is 278 g/mol. The van der Waals surface area contributed by atoms with Crippen LogP contribution in [0.15, 0.2) is 4.99 Å². The molecule has 0 aliphatic rings. The van der Waals surface area contributed by atoms with Crippen LogP contribution in [-0.4, -0.2) is 61.1 Å². The van der Waals surface area contributed by atoms with Crippen molar-refractivity contribution in [2.75, 3.05) is 32.7 Å². The van der Waals surface area contributed by atoms with Crippen molar-refractivity contribution < 1.29 is 4.79 Å². The largest absolute Gasteiger partial charge is 0.357 e. The first-order valence-corrected chi connectivity index (χ1v) is 8.26. The van der Waals surface area contributed by atoms with Crippen LogP contribution in [0.2, 0.25) is 0 Å². The van der Waals surface area contributed by atoms with Crippen LogP contribution < -0.4 is 16.0 Å². The molecule has 0 aromatic carbocycles. The van der Waals surface area contributed by atoms with Gasteiger partial charge in [-0.25, -0.2) is 4.99 Å². The zero-order valence-corrected chi connectivity index (χ0v) is 15.4. The third-order valence-corrected chi connectivity index (χ3v) is 3.07. The van der Waals surface area contributed by atoms with E-state index in [1.165, 1.54) is 0 Å². The predicted molar refractivity (Wildman–Crippen MR) is 94.3 cm³/mol. The fraction of sp³-hybridized carbons (Fsp3) is 0.875. The van der Waals surface area contributed by atoms with Gasteiger partial charge in [0.05, 0.1) is 0 Å². The van der Waals surface area contributed by atoms with Crippen LogP contribution in [0.1, 0.15) is 48.5 Å². The van der Waals surface area contributed by atoms with E-state index in [1.54, 1.807) is 0 Å². The Balaban J connectivity index is 4.35. The first-order valence-electron chi connectivity index (χ1n) is 8.26.